The smallest absolute Gasteiger partial charge is 0.417 e. The van der Waals surface area contributed by atoms with Gasteiger partial charge in [-0.1, -0.05) is 11.6 Å². The van der Waals surface area contributed by atoms with E-state index >= 15 is 0 Å². The van der Waals surface area contributed by atoms with E-state index in [0.29, 0.717) is 0 Å². The summed E-state index contributed by atoms with van der Waals surface area (Å²) in [6, 6.07) is 3.16. The van der Waals surface area contributed by atoms with Gasteiger partial charge in [-0.3, -0.25) is 9.69 Å². The number of hydrogen-bond donors (Lipinski definition) is 0. The molecule has 0 unspecified atom stereocenters. The number of carbonyl (C=O) groups excluding carboxylic acids is 2. The number of halogens is 4. The van der Waals surface area contributed by atoms with Gasteiger partial charge in [0.1, 0.15) is 5.60 Å². The van der Waals surface area contributed by atoms with Crippen LogP contribution in [0.5, 0.6) is 0 Å². The standard InChI is InChI=1S/C18H23ClF3NO4/c1-5-26-15(24)7-6-10-23(16(25)27-17(2,3)4)12-8-9-14(19)13(11-12)18(20,21)22/h8-9,11H,5-7,10H2,1-4H3. The van der Waals surface area contributed by atoms with Gasteiger partial charge in [0.2, 0.25) is 0 Å². The van der Waals surface area contributed by atoms with Crippen molar-refractivity contribution in [3.63, 3.8) is 0 Å². The Kier molecular flexibility index (Phi) is 7.95. The highest BCUT2D eigenvalue weighted by Gasteiger charge is 2.34. The number of anilines is 1. The molecule has 0 aliphatic heterocycles. The fraction of sp³-hybridized carbons (Fsp3) is 0.556. The van der Waals surface area contributed by atoms with Crippen LogP contribution in [-0.4, -0.2) is 30.8 Å². The Balaban J connectivity index is 3.10. The molecule has 1 aromatic carbocycles. The fourth-order valence-corrected chi connectivity index (χ4v) is 2.38. The maximum atomic E-state index is 13.1. The average molecular weight is 410 g/mol. The van der Waals surface area contributed by atoms with E-state index in [-0.39, 0.29) is 31.7 Å². The predicted octanol–water partition coefficient (Wildman–Crippen LogP) is 5.44. The highest BCUT2D eigenvalue weighted by atomic mass is 35.5. The Hall–Kier alpha value is -1.96. The Morgan fingerprint density at radius 2 is 1.81 bits per heavy atom. The van der Waals surface area contributed by atoms with Crippen LogP contribution in [0.25, 0.3) is 0 Å². The van der Waals surface area contributed by atoms with Gasteiger partial charge >= 0.3 is 18.2 Å². The van der Waals surface area contributed by atoms with E-state index in [1.807, 2.05) is 0 Å². The van der Waals surface area contributed by atoms with Crippen LogP contribution in [0.2, 0.25) is 5.02 Å². The van der Waals surface area contributed by atoms with Crippen LogP contribution in [0.1, 0.15) is 46.1 Å². The number of alkyl halides is 3. The van der Waals surface area contributed by atoms with Gasteiger partial charge in [0.25, 0.3) is 0 Å². The van der Waals surface area contributed by atoms with Crippen LogP contribution < -0.4 is 4.90 Å². The Bertz CT molecular complexity index is 672. The molecule has 1 rings (SSSR count). The zero-order valence-electron chi connectivity index (χ0n) is 15.7. The first-order chi connectivity index (χ1) is 12.3. The summed E-state index contributed by atoms with van der Waals surface area (Å²) in [4.78, 5) is 25.0. The highest BCUT2D eigenvalue weighted by molar-refractivity contribution is 6.31. The molecule has 0 fully saturated rings. The summed E-state index contributed by atoms with van der Waals surface area (Å²) in [6.45, 7) is 6.80. The molecule has 0 aromatic heterocycles. The van der Waals surface area contributed by atoms with Crippen molar-refractivity contribution >= 4 is 29.4 Å². The summed E-state index contributed by atoms with van der Waals surface area (Å²) in [5.74, 6) is -0.450. The summed E-state index contributed by atoms with van der Waals surface area (Å²) in [6.07, 6.45) is -5.27. The second-order valence-corrected chi connectivity index (χ2v) is 7.11. The summed E-state index contributed by atoms with van der Waals surface area (Å²) in [5, 5.41) is -0.470. The van der Waals surface area contributed by atoms with Crippen LogP contribution in [0.15, 0.2) is 18.2 Å². The van der Waals surface area contributed by atoms with Crippen molar-refractivity contribution in [2.45, 2.75) is 52.3 Å². The first-order valence-electron chi connectivity index (χ1n) is 8.38. The summed E-state index contributed by atoms with van der Waals surface area (Å²) < 4.78 is 49.5. The van der Waals surface area contributed by atoms with Crippen molar-refractivity contribution in [1.29, 1.82) is 0 Å². The Labute approximate surface area is 161 Å². The lowest BCUT2D eigenvalue weighted by atomic mass is 10.1. The number of esters is 1. The van der Waals surface area contributed by atoms with Crippen LogP contribution in [-0.2, 0) is 20.4 Å². The van der Waals surface area contributed by atoms with Crippen molar-refractivity contribution in [3.05, 3.63) is 28.8 Å². The van der Waals surface area contributed by atoms with Crippen LogP contribution in [0, 0.1) is 0 Å². The molecule has 152 valence electrons. The normalized spacial score (nSPS) is 11.9. The maximum Gasteiger partial charge on any atom is 0.417 e. The number of carbonyl (C=O) groups is 2. The van der Waals surface area contributed by atoms with Gasteiger partial charge in [0, 0.05) is 18.7 Å². The minimum atomic E-state index is -4.67. The monoisotopic (exact) mass is 409 g/mol. The molecule has 9 heteroatoms. The van der Waals surface area contributed by atoms with E-state index in [0.717, 1.165) is 17.0 Å². The van der Waals surface area contributed by atoms with Gasteiger partial charge in [0.05, 0.1) is 17.2 Å². The van der Waals surface area contributed by atoms with Gasteiger partial charge in [-0.25, -0.2) is 4.79 Å². The zero-order chi connectivity index (χ0) is 20.8. The molecule has 0 spiro atoms. The minimum absolute atomic E-state index is 0.0207. The first-order valence-corrected chi connectivity index (χ1v) is 8.76. The molecule has 0 saturated heterocycles. The third-order valence-corrected chi connectivity index (χ3v) is 3.58. The molecular weight excluding hydrogens is 387 g/mol. The van der Waals surface area contributed by atoms with E-state index in [2.05, 4.69) is 0 Å². The molecule has 0 atom stereocenters. The van der Waals surface area contributed by atoms with E-state index in [9.17, 15) is 22.8 Å². The van der Waals surface area contributed by atoms with Gasteiger partial charge in [0.15, 0.2) is 0 Å². The maximum absolute atomic E-state index is 13.1. The molecule has 5 nitrogen and oxygen atoms in total. The van der Waals surface area contributed by atoms with Crippen LogP contribution in [0.4, 0.5) is 23.7 Å². The van der Waals surface area contributed by atoms with Crippen molar-refractivity contribution in [3.8, 4) is 0 Å². The quantitative estimate of drug-likeness (QED) is 0.587. The summed E-state index contributed by atoms with van der Waals surface area (Å²) in [5.41, 5.74) is -1.92. The molecular formula is C18H23ClF3NO4. The van der Waals surface area contributed by atoms with Crippen molar-refractivity contribution in [2.75, 3.05) is 18.1 Å². The highest BCUT2D eigenvalue weighted by Crippen LogP contribution is 2.37. The van der Waals surface area contributed by atoms with Gasteiger partial charge in [-0.05, 0) is 52.3 Å². The number of amides is 1. The number of benzene rings is 1. The van der Waals surface area contributed by atoms with E-state index < -0.39 is 34.4 Å². The average Bonchev–Trinajstić information content (AvgIpc) is 2.49. The van der Waals surface area contributed by atoms with Crippen molar-refractivity contribution in [1.82, 2.24) is 0 Å². The molecule has 27 heavy (non-hydrogen) atoms. The summed E-state index contributed by atoms with van der Waals surface area (Å²) in [7, 11) is 0. The second-order valence-electron chi connectivity index (χ2n) is 6.70. The zero-order valence-corrected chi connectivity index (χ0v) is 16.4. The third-order valence-electron chi connectivity index (χ3n) is 3.25. The van der Waals surface area contributed by atoms with Gasteiger partial charge in [-0.15, -0.1) is 0 Å². The van der Waals surface area contributed by atoms with Crippen molar-refractivity contribution in [2.24, 2.45) is 0 Å². The van der Waals surface area contributed by atoms with Crippen molar-refractivity contribution < 1.29 is 32.2 Å². The number of rotatable bonds is 6. The molecule has 0 bridgehead atoms. The molecule has 0 saturated carbocycles. The SMILES string of the molecule is CCOC(=O)CCCN(C(=O)OC(C)(C)C)c1ccc(Cl)c(C(F)(F)F)c1. The Morgan fingerprint density at radius 3 is 2.33 bits per heavy atom. The van der Waals surface area contributed by atoms with Crippen LogP contribution in [0.3, 0.4) is 0 Å². The van der Waals surface area contributed by atoms with E-state index in [4.69, 9.17) is 21.1 Å². The lowest BCUT2D eigenvalue weighted by Gasteiger charge is -2.28. The van der Waals surface area contributed by atoms with Gasteiger partial charge in [-0.2, -0.15) is 13.2 Å². The number of hydrogen-bond acceptors (Lipinski definition) is 4. The third kappa shape index (κ3) is 7.66. The molecule has 1 amide bonds. The number of ether oxygens (including phenoxy) is 2. The summed E-state index contributed by atoms with van der Waals surface area (Å²) >= 11 is 5.64. The second kappa shape index (κ2) is 9.30. The molecule has 0 heterocycles. The largest absolute Gasteiger partial charge is 0.466 e. The lowest BCUT2D eigenvalue weighted by Crippen LogP contribution is -2.37. The minimum Gasteiger partial charge on any atom is -0.466 e. The van der Waals surface area contributed by atoms with E-state index in [1.165, 1.54) is 6.07 Å². The fourth-order valence-electron chi connectivity index (χ4n) is 2.16. The Morgan fingerprint density at radius 1 is 1.19 bits per heavy atom. The molecule has 0 aliphatic rings. The van der Waals surface area contributed by atoms with E-state index in [1.54, 1.807) is 27.7 Å². The molecule has 1 aromatic rings. The topological polar surface area (TPSA) is 55.8 Å². The van der Waals surface area contributed by atoms with Crippen LogP contribution >= 0.6 is 11.6 Å². The predicted molar refractivity (Wildman–Crippen MR) is 95.9 cm³/mol. The molecule has 0 aliphatic carbocycles. The molecule has 0 N–H and O–H groups in total. The van der Waals surface area contributed by atoms with Gasteiger partial charge < -0.3 is 9.47 Å². The number of nitrogens with zero attached hydrogens (tertiary/aromatic N) is 1. The first kappa shape index (κ1) is 23.1. The lowest BCUT2D eigenvalue weighted by molar-refractivity contribution is -0.143. The molecule has 0 radical (unpaired) electrons.